The van der Waals surface area contributed by atoms with E-state index in [1.54, 1.807) is 12.1 Å². The standard InChI is InChI=1S/C25H26FN3O2/c1-15-5-7-17(8-6-15)16(2)25(31)29-11-3-4-18(14-29)23-21(24(27)30)13-19-12-20(26)9-10-22(19)28-23/h5-10,12-13,16,18H,3-4,11,14H2,1-2H3,(H2,27,30)/t16-,18+/m0/s1. The van der Waals surface area contributed by atoms with Crippen molar-refractivity contribution in [2.45, 2.75) is 38.5 Å². The summed E-state index contributed by atoms with van der Waals surface area (Å²) in [4.78, 5) is 31.9. The predicted octanol–water partition coefficient (Wildman–Crippen LogP) is 4.29. The summed E-state index contributed by atoms with van der Waals surface area (Å²) in [5, 5.41) is 0.536. The third kappa shape index (κ3) is 4.29. The van der Waals surface area contributed by atoms with Crippen molar-refractivity contribution in [1.29, 1.82) is 0 Å². The molecule has 0 radical (unpaired) electrons. The van der Waals surface area contributed by atoms with Crippen LogP contribution in [0.3, 0.4) is 0 Å². The molecule has 1 saturated heterocycles. The molecule has 2 atom stereocenters. The highest BCUT2D eigenvalue weighted by Crippen LogP contribution is 2.32. The van der Waals surface area contributed by atoms with Crippen LogP contribution in [0.15, 0.2) is 48.5 Å². The first-order chi connectivity index (χ1) is 14.8. The van der Waals surface area contributed by atoms with Crippen LogP contribution < -0.4 is 5.73 Å². The summed E-state index contributed by atoms with van der Waals surface area (Å²) >= 11 is 0. The number of carbonyl (C=O) groups is 2. The smallest absolute Gasteiger partial charge is 0.250 e. The highest BCUT2D eigenvalue weighted by molar-refractivity contribution is 5.98. The highest BCUT2D eigenvalue weighted by atomic mass is 19.1. The fraction of sp³-hybridized carbons (Fsp3) is 0.320. The van der Waals surface area contributed by atoms with Crippen LogP contribution in [-0.4, -0.2) is 34.8 Å². The summed E-state index contributed by atoms with van der Waals surface area (Å²) in [5.74, 6) is -1.26. The van der Waals surface area contributed by atoms with Gasteiger partial charge in [0.25, 0.3) is 5.91 Å². The first-order valence-corrected chi connectivity index (χ1v) is 10.6. The summed E-state index contributed by atoms with van der Waals surface area (Å²) in [6.07, 6.45) is 1.63. The number of rotatable bonds is 4. The lowest BCUT2D eigenvalue weighted by Gasteiger charge is -2.34. The molecule has 3 aromatic rings. The van der Waals surface area contributed by atoms with Crippen LogP contribution >= 0.6 is 0 Å². The van der Waals surface area contributed by atoms with Crippen molar-refractivity contribution in [2.24, 2.45) is 5.73 Å². The number of amides is 2. The Morgan fingerprint density at radius 2 is 1.90 bits per heavy atom. The largest absolute Gasteiger partial charge is 0.366 e. The molecule has 2 amide bonds. The van der Waals surface area contributed by atoms with E-state index in [4.69, 9.17) is 5.73 Å². The molecule has 0 unspecified atom stereocenters. The number of carbonyl (C=O) groups excluding carboxylic acids is 2. The first-order valence-electron chi connectivity index (χ1n) is 10.6. The van der Waals surface area contributed by atoms with Crippen molar-refractivity contribution >= 4 is 22.7 Å². The number of pyridine rings is 1. The molecule has 5 nitrogen and oxygen atoms in total. The minimum Gasteiger partial charge on any atom is -0.366 e. The topological polar surface area (TPSA) is 76.3 Å². The van der Waals surface area contributed by atoms with Crippen molar-refractivity contribution in [3.05, 3.63) is 76.7 Å². The maximum absolute atomic E-state index is 13.6. The molecular weight excluding hydrogens is 393 g/mol. The Morgan fingerprint density at radius 3 is 2.61 bits per heavy atom. The maximum atomic E-state index is 13.6. The molecule has 0 aliphatic carbocycles. The molecule has 6 heteroatoms. The number of piperidine rings is 1. The van der Waals surface area contributed by atoms with Crippen molar-refractivity contribution in [2.75, 3.05) is 13.1 Å². The van der Waals surface area contributed by atoms with E-state index >= 15 is 0 Å². The van der Waals surface area contributed by atoms with Crippen molar-refractivity contribution in [1.82, 2.24) is 9.88 Å². The Labute approximate surface area is 181 Å². The summed E-state index contributed by atoms with van der Waals surface area (Å²) in [6.45, 7) is 5.10. The van der Waals surface area contributed by atoms with Gasteiger partial charge in [-0.15, -0.1) is 0 Å². The molecule has 1 fully saturated rings. The van der Waals surface area contributed by atoms with E-state index in [2.05, 4.69) is 4.98 Å². The minimum absolute atomic E-state index is 0.0667. The van der Waals surface area contributed by atoms with Crippen LogP contribution in [0, 0.1) is 12.7 Å². The van der Waals surface area contributed by atoms with E-state index in [-0.39, 0.29) is 17.7 Å². The predicted molar refractivity (Wildman–Crippen MR) is 118 cm³/mol. The van der Waals surface area contributed by atoms with Crippen molar-refractivity contribution < 1.29 is 14.0 Å². The van der Waals surface area contributed by atoms with Gasteiger partial charge in [-0.25, -0.2) is 4.39 Å². The molecule has 0 saturated carbocycles. The van der Waals surface area contributed by atoms with Crippen LogP contribution in [-0.2, 0) is 4.79 Å². The van der Waals surface area contributed by atoms with Crippen LogP contribution in [0.25, 0.3) is 10.9 Å². The Morgan fingerprint density at radius 1 is 1.16 bits per heavy atom. The van der Waals surface area contributed by atoms with E-state index in [0.717, 1.165) is 24.0 Å². The number of hydrogen-bond donors (Lipinski definition) is 1. The lowest BCUT2D eigenvalue weighted by atomic mass is 9.89. The van der Waals surface area contributed by atoms with E-state index in [1.165, 1.54) is 12.1 Å². The van der Waals surface area contributed by atoms with Gasteiger partial charge in [0.15, 0.2) is 0 Å². The SMILES string of the molecule is Cc1ccc([C@H](C)C(=O)N2CCC[C@@H](c3nc4ccc(F)cc4cc3C(N)=O)C2)cc1. The zero-order valence-electron chi connectivity index (χ0n) is 17.8. The molecule has 31 heavy (non-hydrogen) atoms. The molecule has 4 rings (SSSR count). The maximum Gasteiger partial charge on any atom is 0.250 e. The van der Waals surface area contributed by atoms with Crippen LogP contribution in [0.1, 0.15) is 58.8 Å². The molecule has 160 valence electrons. The third-order valence-corrected chi connectivity index (χ3v) is 6.14. The van der Waals surface area contributed by atoms with Gasteiger partial charge in [-0.3, -0.25) is 14.6 Å². The second-order valence-electron chi connectivity index (χ2n) is 8.38. The normalized spacial score (nSPS) is 17.5. The van der Waals surface area contributed by atoms with Crippen molar-refractivity contribution in [3.8, 4) is 0 Å². The first kappa shape index (κ1) is 21.0. The van der Waals surface area contributed by atoms with Crippen LogP contribution in [0.5, 0.6) is 0 Å². The lowest BCUT2D eigenvalue weighted by Crippen LogP contribution is -2.41. The number of likely N-dealkylation sites (tertiary alicyclic amines) is 1. The van der Waals surface area contributed by atoms with Gasteiger partial charge in [0, 0.05) is 24.4 Å². The molecular formula is C25H26FN3O2. The van der Waals surface area contributed by atoms with E-state index in [0.29, 0.717) is 35.2 Å². The number of fused-ring (bicyclic) bond motifs is 1. The number of halogens is 1. The highest BCUT2D eigenvalue weighted by Gasteiger charge is 2.31. The van der Waals surface area contributed by atoms with Gasteiger partial charge < -0.3 is 10.6 Å². The van der Waals surface area contributed by atoms with Crippen LogP contribution in [0.2, 0.25) is 0 Å². The number of aryl methyl sites for hydroxylation is 1. The zero-order valence-corrected chi connectivity index (χ0v) is 17.8. The fourth-order valence-electron chi connectivity index (χ4n) is 4.34. The average Bonchev–Trinajstić information content (AvgIpc) is 2.77. The zero-order chi connectivity index (χ0) is 22.1. The second-order valence-corrected chi connectivity index (χ2v) is 8.38. The quantitative estimate of drug-likeness (QED) is 0.685. The number of primary amides is 1. The summed E-state index contributed by atoms with van der Waals surface area (Å²) < 4.78 is 13.6. The van der Waals surface area contributed by atoms with Crippen molar-refractivity contribution in [3.63, 3.8) is 0 Å². The van der Waals surface area contributed by atoms with E-state index in [9.17, 15) is 14.0 Å². The average molecular weight is 420 g/mol. The van der Waals surface area contributed by atoms with Gasteiger partial charge in [-0.05, 0) is 56.5 Å². The number of nitrogens with zero attached hydrogens (tertiary/aromatic N) is 2. The monoisotopic (exact) mass is 419 g/mol. The molecule has 2 N–H and O–H groups in total. The fourth-order valence-corrected chi connectivity index (χ4v) is 4.34. The Balaban J connectivity index is 1.62. The van der Waals surface area contributed by atoms with Gasteiger partial charge in [0.2, 0.25) is 5.91 Å². The van der Waals surface area contributed by atoms with Gasteiger partial charge in [-0.2, -0.15) is 0 Å². The molecule has 1 aliphatic rings. The number of hydrogen-bond acceptors (Lipinski definition) is 3. The van der Waals surface area contributed by atoms with Gasteiger partial charge >= 0.3 is 0 Å². The Bertz CT molecular complexity index is 1140. The Hall–Kier alpha value is -3.28. The summed E-state index contributed by atoms with van der Waals surface area (Å²) in [7, 11) is 0. The summed E-state index contributed by atoms with van der Waals surface area (Å²) in [5.41, 5.74) is 9.27. The molecule has 0 bridgehead atoms. The molecule has 1 aromatic heterocycles. The lowest BCUT2D eigenvalue weighted by molar-refractivity contribution is -0.133. The second kappa shape index (κ2) is 8.46. The van der Waals surface area contributed by atoms with E-state index in [1.807, 2.05) is 43.0 Å². The molecule has 2 aromatic carbocycles. The molecule has 1 aliphatic heterocycles. The number of aromatic nitrogens is 1. The minimum atomic E-state index is -0.592. The van der Waals surface area contributed by atoms with Crippen LogP contribution in [0.4, 0.5) is 4.39 Å². The van der Waals surface area contributed by atoms with Gasteiger partial charge in [0.05, 0.1) is 22.7 Å². The molecule has 0 spiro atoms. The Kier molecular flexibility index (Phi) is 5.72. The van der Waals surface area contributed by atoms with Gasteiger partial charge in [-0.1, -0.05) is 29.8 Å². The van der Waals surface area contributed by atoms with E-state index < -0.39 is 11.7 Å². The van der Waals surface area contributed by atoms with Gasteiger partial charge in [0.1, 0.15) is 5.82 Å². The number of benzene rings is 2. The summed E-state index contributed by atoms with van der Waals surface area (Å²) in [6, 6.07) is 13.9. The number of nitrogens with two attached hydrogens (primary N) is 1. The molecule has 2 heterocycles. The third-order valence-electron chi connectivity index (χ3n) is 6.14.